The summed E-state index contributed by atoms with van der Waals surface area (Å²) in [7, 11) is 1.82. The van der Waals surface area contributed by atoms with Crippen molar-refractivity contribution < 1.29 is 4.74 Å². The van der Waals surface area contributed by atoms with Gasteiger partial charge in [0.1, 0.15) is 0 Å². The van der Waals surface area contributed by atoms with Crippen LogP contribution in [0.4, 0.5) is 0 Å². The maximum Gasteiger partial charge on any atom is 0.0711 e. The first kappa shape index (κ1) is 10.4. The van der Waals surface area contributed by atoms with E-state index in [9.17, 15) is 0 Å². The fourth-order valence-corrected chi connectivity index (χ4v) is 2.55. The predicted octanol–water partition coefficient (Wildman–Crippen LogP) is 0.849. The van der Waals surface area contributed by atoms with Gasteiger partial charge in [-0.1, -0.05) is 6.42 Å². The van der Waals surface area contributed by atoms with E-state index in [1.807, 2.05) is 7.11 Å². The Bertz CT molecular complexity index is 169. The van der Waals surface area contributed by atoms with Crippen LogP contribution in [0.3, 0.4) is 0 Å². The third kappa shape index (κ3) is 2.69. The Morgan fingerprint density at radius 1 is 1.29 bits per heavy atom. The van der Waals surface area contributed by atoms with Crippen molar-refractivity contribution in [2.45, 2.75) is 37.8 Å². The van der Waals surface area contributed by atoms with Gasteiger partial charge in [0.25, 0.3) is 0 Å². The lowest BCUT2D eigenvalue weighted by Gasteiger charge is -2.28. The Balaban J connectivity index is 1.69. The minimum absolute atomic E-state index is 0.449. The van der Waals surface area contributed by atoms with Gasteiger partial charge in [-0.05, 0) is 32.4 Å². The fourth-order valence-electron chi connectivity index (χ4n) is 2.55. The van der Waals surface area contributed by atoms with Gasteiger partial charge in [0.15, 0.2) is 0 Å². The lowest BCUT2D eigenvalue weighted by Crippen LogP contribution is -2.40. The van der Waals surface area contributed by atoms with Gasteiger partial charge in [-0.25, -0.2) is 0 Å². The highest BCUT2D eigenvalue weighted by atomic mass is 16.5. The summed E-state index contributed by atoms with van der Waals surface area (Å²) in [6, 6.07) is 0.665. The number of rotatable bonds is 3. The number of nitrogens with zero attached hydrogens (tertiary/aromatic N) is 1. The van der Waals surface area contributed by atoms with Crippen LogP contribution in [-0.2, 0) is 4.74 Å². The van der Waals surface area contributed by atoms with Gasteiger partial charge in [-0.15, -0.1) is 0 Å². The first-order valence-corrected chi connectivity index (χ1v) is 5.87. The summed E-state index contributed by atoms with van der Waals surface area (Å²) >= 11 is 0. The second-order valence-electron chi connectivity index (χ2n) is 4.56. The molecule has 0 aromatic rings. The first-order chi connectivity index (χ1) is 6.88. The second-order valence-corrected chi connectivity index (χ2v) is 4.56. The molecule has 2 saturated heterocycles. The zero-order valence-corrected chi connectivity index (χ0v) is 9.17. The van der Waals surface area contributed by atoms with Crippen molar-refractivity contribution >= 4 is 0 Å². The van der Waals surface area contributed by atoms with E-state index >= 15 is 0 Å². The molecule has 1 N–H and O–H groups in total. The average molecular weight is 198 g/mol. The van der Waals surface area contributed by atoms with Crippen LogP contribution in [0.1, 0.15) is 25.7 Å². The molecule has 2 aliphatic heterocycles. The van der Waals surface area contributed by atoms with Crippen LogP contribution in [0.25, 0.3) is 0 Å². The van der Waals surface area contributed by atoms with Crippen molar-refractivity contribution in [3.05, 3.63) is 0 Å². The molecule has 2 heterocycles. The lowest BCUT2D eigenvalue weighted by atomic mass is 10.1. The van der Waals surface area contributed by atoms with E-state index in [1.54, 1.807) is 0 Å². The molecule has 2 aliphatic rings. The van der Waals surface area contributed by atoms with Crippen LogP contribution in [0.5, 0.6) is 0 Å². The van der Waals surface area contributed by atoms with Gasteiger partial charge >= 0.3 is 0 Å². The van der Waals surface area contributed by atoms with Crippen LogP contribution >= 0.6 is 0 Å². The van der Waals surface area contributed by atoms with Gasteiger partial charge < -0.3 is 15.0 Å². The Labute approximate surface area is 86.8 Å². The summed E-state index contributed by atoms with van der Waals surface area (Å²) in [6.07, 6.45) is 5.84. The van der Waals surface area contributed by atoms with E-state index in [0.29, 0.717) is 12.1 Å². The maximum absolute atomic E-state index is 5.35. The molecular formula is C11H22N2O. The van der Waals surface area contributed by atoms with Crippen LogP contribution < -0.4 is 5.32 Å². The highest BCUT2D eigenvalue weighted by Crippen LogP contribution is 2.14. The molecule has 0 amide bonds. The number of nitrogens with one attached hydrogen (secondary N) is 1. The molecule has 0 bridgehead atoms. The quantitative estimate of drug-likeness (QED) is 0.727. The van der Waals surface area contributed by atoms with Crippen molar-refractivity contribution in [3.8, 4) is 0 Å². The molecule has 2 atom stereocenters. The Kier molecular flexibility index (Phi) is 3.79. The smallest absolute Gasteiger partial charge is 0.0711 e. The van der Waals surface area contributed by atoms with E-state index < -0.39 is 0 Å². The molecule has 0 unspecified atom stereocenters. The van der Waals surface area contributed by atoms with Crippen molar-refractivity contribution in [1.29, 1.82) is 0 Å². The number of piperidine rings is 1. The molecule has 2 fully saturated rings. The van der Waals surface area contributed by atoms with Crippen LogP contribution in [0.15, 0.2) is 0 Å². The predicted molar refractivity (Wildman–Crippen MR) is 57.5 cm³/mol. The van der Waals surface area contributed by atoms with Crippen molar-refractivity contribution in [2.24, 2.45) is 0 Å². The monoisotopic (exact) mass is 198 g/mol. The normalized spacial score (nSPS) is 34.9. The minimum atomic E-state index is 0.449. The van der Waals surface area contributed by atoms with E-state index in [-0.39, 0.29) is 0 Å². The number of ether oxygens (including phenoxy) is 1. The fraction of sp³-hybridized carbons (Fsp3) is 1.00. The van der Waals surface area contributed by atoms with Crippen LogP contribution in [0.2, 0.25) is 0 Å². The molecule has 0 aromatic heterocycles. The molecule has 0 radical (unpaired) electrons. The van der Waals surface area contributed by atoms with Crippen LogP contribution in [-0.4, -0.2) is 50.3 Å². The van der Waals surface area contributed by atoms with Crippen LogP contribution in [0, 0.1) is 0 Å². The van der Waals surface area contributed by atoms with E-state index in [1.165, 1.54) is 45.3 Å². The summed E-state index contributed by atoms with van der Waals surface area (Å²) in [5.74, 6) is 0. The molecule has 3 heteroatoms. The summed E-state index contributed by atoms with van der Waals surface area (Å²) in [6.45, 7) is 4.86. The van der Waals surface area contributed by atoms with Gasteiger partial charge in [-0.2, -0.15) is 0 Å². The molecule has 0 aromatic carbocycles. The number of likely N-dealkylation sites (tertiary alicyclic amines) is 1. The van der Waals surface area contributed by atoms with Crippen molar-refractivity contribution in [3.63, 3.8) is 0 Å². The number of hydrogen-bond donors (Lipinski definition) is 1. The average Bonchev–Trinajstić information content (AvgIpc) is 2.67. The standard InChI is InChI=1S/C11H22N2O/c1-14-11-7-10(12-8-11)9-13-5-3-2-4-6-13/h10-12H,2-9H2,1H3/t10-,11-/m0/s1. The van der Waals surface area contributed by atoms with Gasteiger partial charge in [0.05, 0.1) is 6.10 Å². The summed E-state index contributed by atoms with van der Waals surface area (Å²) in [4.78, 5) is 2.60. The third-order valence-corrected chi connectivity index (χ3v) is 3.44. The first-order valence-electron chi connectivity index (χ1n) is 5.87. The molecule has 0 spiro atoms. The molecule has 2 rings (SSSR count). The summed E-state index contributed by atoms with van der Waals surface area (Å²) in [5, 5.41) is 3.54. The van der Waals surface area contributed by atoms with E-state index in [2.05, 4.69) is 10.2 Å². The third-order valence-electron chi connectivity index (χ3n) is 3.44. The Morgan fingerprint density at radius 3 is 2.71 bits per heavy atom. The van der Waals surface area contributed by atoms with Crippen molar-refractivity contribution in [1.82, 2.24) is 10.2 Å². The zero-order valence-electron chi connectivity index (χ0n) is 9.17. The molecule has 3 nitrogen and oxygen atoms in total. The molecule has 0 saturated carbocycles. The lowest BCUT2D eigenvalue weighted by molar-refractivity contribution is 0.115. The molecule has 82 valence electrons. The largest absolute Gasteiger partial charge is 0.380 e. The number of hydrogen-bond acceptors (Lipinski definition) is 3. The SMILES string of the molecule is CO[C@@H]1CN[C@H](CN2CCCCC2)C1. The Morgan fingerprint density at radius 2 is 2.07 bits per heavy atom. The maximum atomic E-state index is 5.35. The molecular weight excluding hydrogens is 176 g/mol. The minimum Gasteiger partial charge on any atom is -0.380 e. The highest BCUT2D eigenvalue weighted by Gasteiger charge is 2.25. The zero-order chi connectivity index (χ0) is 9.80. The van der Waals surface area contributed by atoms with Gasteiger partial charge in [0.2, 0.25) is 0 Å². The summed E-state index contributed by atoms with van der Waals surface area (Å²) in [5.41, 5.74) is 0. The highest BCUT2D eigenvalue weighted by molar-refractivity contribution is 4.85. The topological polar surface area (TPSA) is 24.5 Å². The van der Waals surface area contributed by atoms with Gasteiger partial charge in [0, 0.05) is 26.2 Å². The molecule has 14 heavy (non-hydrogen) atoms. The van der Waals surface area contributed by atoms with E-state index in [4.69, 9.17) is 4.74 Å². The van der Waals surface area contributed by atoms with E-state index in [0.717, 1.165) is 6.54 Å². The second kappa shape index (κ2) is 5.10. The number of methoxy groups -OCH3 is 1. The summed E-state index contributed by atoms with van der Waals surface area (Å²) < 4.78 is 5.35. The molecule has 0 aliphatic carbocycles. The van der Waals surface area contributed by atoms with Gasteiger partial charge in [-0.3, -0.25) is 0 Å². The Hall–Kier alpha value is -0.120. The van der Waals surface area contributed by atoms with Crippen molar-refractivity contribution in [2.75, 3.05) is 33.3 Å².